The van der Waals surface area contributed by atoms with E-state index in [4.69, 9.17) is 0 Å². The third-order valence-electron chi connectivity index (χ3n) is 3.02. The number of H-pyrrole nitrogens is 1. The summed E-state index contributed by atoms with van der Waals surface area (Å²) in [5, 5.41) is 10.5. The molecule has 0 aliphatic heterocycles. The largest absolute Gasteiger partial charge is 0.396 e. The molecule has 1 atom stereocenters. The average Bonchev–Trinajstić information content (AvgIpc) is 2.89. The number of thiazole rings is 1. The van der Waals surface area contributed by atoms with Gasteiger partial charge in [0.25, 0.3) is 0 Å². The van der Waals surface area contributed by atoms with Crippen LogP contribution in [-0.2, 0) is 0 Å². The summed E-state index contributed by atoms with van der Waals surface area (Å²) in [5.74, 6) is 0.624. The SMILES string of the molecule is Cc1nc(-c2cc[nH]c2)sc1C(CO)C(C)C. The Kier molecular flexibility index (Phi) is 3.64. The summed E-state index contributed by atoms with van der Waals surface area (Å²) in [7, 11) is 0. The standard InChI is InChI=1S/C13H18N2OS/c1-8(2)11(7-16)12-9(3)15-13(17-12)10-4-5-14-6-10/h4-6,8,11,14,16H,7H2,1-3H3. The maximum absolute atomic E-state index is 9.49. The van der Waals surface area contributed by atoms with Crippen molar-refractivity contribution >= 4 is 11.3 Å². The van der Waals surface area contributed by atoms with E-state index in [1.165, 1.54) is 4.88 Å². The number of aromatic nitrogens is 2. The van der Waals surface area contributed by atoms with Crippen LogP contribution in [0.4, 0.5) is 0 Å². The van der Waals surface area contributed by atoms with Gasteiger partial charge in [0.2, 0.25) is 0 Å². The van der Waals surface area contributed by atoms with E-state index in [0.29, 0.717) is 5.92 Å². The minimum Gasteiger partial charge on any atom is -0.396 e. The lowest BCUT2D eigenvalue weighted by Gasteiger charge is -2.16. The Balaban J connectivity index is 2.37. The number of nitrogens with zero attached hydrogens (tertiary/aromatic N) is 1. The Morgan fingerprint density at radius 3 is 2.76 bits per heavy atom. The van der Waals surface area contributed by atoms with Crippen molar-refractivity contribution in [3.05, 3.63) is 29.0 Å². The number of aliphatic hydroxyl groups excluding tert-OH is 1. The summed E-state index contributed by atoms with van der Waals surface area (Å²) in [5.41, 5.74) is 2.16. The fraction of sp³-hybridized carbons (Fsp3) is 0.462. The lowest BCUT2D eigenvalue weighted by Crippen LogP contribution is -2.10. The van der Waals surface area contributed by atoms with Crippen LogP contribution in [0.3, 0.4) is 0 Å². The van der Waals surface area contributed by atoms with Crippen LogP contribution in [-0.4, -0.2) is 21.7 Å². The number of aliphatic hydroxyl groups is 1. The first-order valence-electron chi connectivity index (χ1n) is 5.84. The van der Waals surface area contributed by atoms with Gasteiger partial charge < -0.3 is 10.1 Å². The Bertz CT molecular complexity index is 474. The first kappa shape index (κ1) is 12.3. The first-order chi connectivity index (χ1) is 8.13. The molecule has 0 aliphatic carbocycles. The third-order valence-corrected chi connectivity index (χ3v) is 4.35. The maximum atomic E-state index is 9.49. The Morgan fingerprint density at radius 2 is 2.24 bits per heavy atom. The van der Waals surface area contributed by atoms with Crippen molar-refractivity contribution < 1.29 is 5.11 Å². The number of hydrogen-bond acceptors (Lipinski definition) is 3. The van der Waals surface area contributed by atoms with E-state index in [1.54, 1.807) is 11.3 Å². The molecule has 4 heteroatoms. The molecule has 2 rings (SSSR count). The maximum Gasteiger partial charge on any atom is 0.125 e. The van der Waals surface area contributed by atoms with Gasteiger partial charge in [-0.3, -0.25) is 0 Å². The quantitative estimate of drug-likeness (QED) is 0.875. The van der Waals surface area contributed by atoms with Gasteiger partial charge in [0.15, 0.2) is 0 Å². The molecular weight excluding hydrogens is 232 g/mol. The van der Waals surface area contributed by atoms with Crippen LogP contribution < -0.4 is 0 Å². The van der Waals surface area contributed by atoms with Crippen molar-refractivity contribution in [2.24, 2.45) is 5.92 Å². The zero-order valence-corrected chi connectivity index (χ0v) is 11.2. The summed E-state index contributed by atoms with van der Waals surface area (Å²) < 4.78 is 0. The first-order valence-corrected chi connectivity index (χ1v) is 6.66. The highest BCUT2D eigenvalue weighted by atomic mass is 32.1. The van der Waals surface area contributed by atoms with Crippen LogP contribution in [0.5, 0.6) is 0 Å². The summed E-state index contributed by atoms with van der Waals surface area (Å²) in [6, 6.07) is 2.02. The number of aryl methyl sites for hydroxylation is 1. The molecular formula is C13H18N2OS. The molecule has 2 aromatic rings. The topological polar surface area (TPSA) is 48.9 Å². The van der Waals surface area contributed by atoms with E-state index in [2.05, 4.69) is 23.8 Å². The summed E-state index contributed by atoms with van der Waals surface area (Å²) in [6.45, 7) is 6.48. The lowest BCUT2D eigenvalue weighted by atomic mass is 9.94. The van der Waals surface area contributed by atoms with Gasteiger partial charge in [-0.25, -0.2) is 4.98 Å². The molecule has 0 aliphatic rings. The molecule has 0 saturated heterocycles. The van der Waals surface area contributed by atoms with Crippen LogP contribution in [0.25, 0.3) is 10.6 Å². The van der Waals surface area contributed by atoms with Crippen molar-refractivity contribution in [2.75, 3.05) is 6.61 Å². The van der Waals surface area contributed by atoms with Gasteiger partial charge in [0.05, 0.1) is 12.3 Å². The van der Waals surface area contributed by atoms with Crippen LogP contribution in [0.2, 0.25) is 0 Å². The van der Waals surface area contributed by atoms with E-state index in [-0.39, 0.29) is 12.5 Å². The van der Waals surface area contributed by atoms with Gasteiger partial charge in [-0.05, 0) is 18.9 Å². The van der Waals surface area contributed by atoms with Crippen molar-refractivity contribution in [3.8, 4) is 10.6 Å². The molecule has 2 N–H and O–H groups in total. The summed E-state index contributed by atoms with van der Waals surface area (Å²) in [4.78, 5) is 8.84. The zero-order chi connectivity index (χ0) is 12.4. The fourth-order valence-electron chi connectivity index (χ4n) is 1.93. The number of nitrogens with one attached hydrogen (secondary N) is 1. The molecule has 92 valence electrons. The van der Waals surface area contributed by atoms with Crippen LogP contribution in [0.1, 0.15) is 30.3 Å². The number of hydrogen-bond donors (Lipinski definition) is 2. The predicted octanol–water partition coefficient (Wildman–Crippen LogP) is 3.18. The zero-order valence-electron chi connectivity index (χ0n) is 10.4. The Hall–Kier alpha value is -1.13. The second kappa shape index (κ2) is 5.02. The third kappa shape index (κ3) is 2.42. The van der Waals surface area contributed by atoms with Crippen molar-refractivity contribution in [2.45, 2.75) is 26.7 Å². The van der Waals surface area contributed by atoms with E-state index >= 15 is 0 Å². The number of aromatic amines is 1. The molecule has 2 aromatic heterocycles. The van der Waals surface area contributed by atoms with E-state index in [9.17, 15) is 5.11 Å². The molecule has 0 radical (unpaired) electrons. The van der Waals surface area contributed by atoms with E-state index in [0.717, 1.165) is 16.3 Å². The molecule has 0 fully saturated rings. The predicted molar refractivity (Wildman–Crippen MR) is 71.3 cm³/mol. The van der Waals surface area contributed by atoms with Crippen LogP contribution in [0, 0.1) is 12.8 Å². The van der Waals surface area contributed by atoms with Crippen LogP contribution >= 0.6 is 11.3 Å². The van der Waals surface area contributed by atoms with E-state index in [1.807, 2.05) is 25.4 Å². The summed E-state index contributed by atoms with van der Waals surface area (Å²) >= 11 is 1.69. The second-order valence-electron chi connectivity index (χ2n) is 4.60. The van der Waals surface area contributed by atoms with Gasteiger partial charge in [-0.1, -0.05) is 13.8 Å². The molecule has 3 nitrogen and oxygen atoms in total. The van der Waals surface area contributed by atoms with Crippen molar-refractivity contribution in [3.63, 3.8) is 0 Å². The fourth-order valence-corrected chi connectivity index (χ4v) is 3.26. The summed E-state index contributed by atoms with van der Waals surface area (Å²) in [6.07, 6.45) is 3.85. The highest BCUT2D eigenvalue weighted by Gasteiger charge is 2.21. The Morgan fingerprint density at radius 1 is 1.47 bits per heavy atom. The smallest absolute Gasteiger partial charge is 0.125 e. The molecule has 0 saturated carbocycles. The van der Waals surface area contributed by atoms with Gasteiger partial charge in [-0.15, -0.1) is 11.3 Å². The molecule has 17 heavy (non-hydrogen) atoms. The second-order valence-corrected chi connectivity index (χ2v) is 5.63. The highest BCUT2D eigenvalue weighted by molar-refractivity contribution is 7.15. The Labute approximate surface area is 106 Å². The lowest BCUT2D eigenvalue weighted by molar-refractivity contribution is 0.239. The van der Waals surface area contributed by atoms with Crippen LogP contribution in [0.15, 0.2) is 18.5 Å². The van der Waals surface area contributed by atoms with Gasteiger partial charge in [0, 0.05) is 28.8 Å². The molecule has 0 spiro atoms. The molecule has 1 unspecified atom stereocenters. The van der Waals surface area contributed by atoms with Gasteiger partial charge >= 0.3 is 0 Å². The normalized spacial score (nSPS) is 13.2. The monoisotopic (exact) mass is 250 g/mol. The molecule has 0 bridgehead atoms. The molecule has 2 heterocycles. The molecule has 0 amide bonds. The minimum atomic E-state index is 0.188. The molecule has 0 aromatic carbocycles. The van der Waals surface area contributed by atoms with Gasteiger partial charge in [-0.2, -0.15) is 0 Å². The van der Waals surface area contributed by atoms with Crippen molar-refractivity contribution in [1.29, 1.82) is 0 Å². The highest BCUT2D eigenvalue weighted by Crippen LogP contribution is 2.35. The number of rotatable bonds is 4. The van der Waals surface area contributed by atoms with E-state index < -0.39 is 0 Å². The van der Waals surface area contributed by atoms with Crippen molar-refractivity contribution in [1.82, 2.24) is 9.97 Å². The van der Waals surface area contributed by atoms with Gasteiger partial charge in [0.1, 0.15) is 5.01 Å². The minimum absolute atomic E-state index is 0.188. The average molecular weight is 250 g/mol.